The highest BCUT2D eigenvalue weighted by Crippen LogP contribution is 2.25. The van der Waals surface area contributed by atoms with Crippen LogP contribution in [0.5, 0.6) is 5.75 Å². The van der Waals surface area contributed by atoms with Gasteiger partial charge in [0.05, 0.1) is 7.11 Å². The predicted molar refractivity (Wildman–Crippen MR) is 112 cm³/mol. The van der Waals surface area contributed by atoms with Crippen LogP contribution < -0.4 is 15.0 Å². The van der Waals surface area contributed by atoms with Crippen LogP contribution in [0.1, 0.15) is 11.3 Å². The molecule has 1 aromatic carbocycles. The number of nitrogens with zero attached hydrogens (tertiary/aromatic N) is 5. The van der Waals surface area contributed by atoms with Crippen molar-refractivity contribution < 1.29 is 4.74 Å². The molecule has 0 radical (unpaired) electrons. The molecule has 3 heterocycles. The molecule has 0 atom stereocenters. The number of rotatable bonds is 7. The Morgan fingerprint density at radius 1 is 1.00 bits per heavy atom. The van der Waals surface area contributed by atoms with Gasteiger partial charge in [-0.2, -0.15) is 0 Å². The first kappa shape index (κ1) is 18.9. The lowest BCUT2D eigenvalue weighted by atomic mass is 10.2. The molecule has 1 N–H and O–H groups in total. The molecule has 1 aliphatic rings. The zero-order chi connectivity index (χ0) is 19.3. The lowest BCUT2D eigenvalue weighted by Gasteiger charge is -2.31. The van der Waals surface area contributed by atoms with Crippen molar-refractivity contribution in [2.75, 3.05) is 45.2 Å². The molecule has 0 spiro atoms. The lowest BCUT2D eigenvalue weighted by Crippen LogP contribution is -2.44. The molecule has 0 unspecified atom stereocenters. The van der Waals surface area contributed by atoms with Crippen LogP contribution in [0.25, 0.3) is 5.13 Å². The van der Waals surface area contributed by atoms with Crippen molar-refractivity contribution >= 4 is 16.5 Å². The molecule has 0 bridgehead atoms. The number of nitrogens with one attached hydrogen (secondary N) is 1. The van der Waals surface area contributed by atoms with E-state index >= 15 is 0 Å². The van der Waals surface area contributed by atoms with Gasteiger partial charge in [-0.15, -0.1) is 10.2 Å². The van der Waals surface area contributed by atoms with Gasteiger partial charge in [0.15, 0.2) is 0 Å². The van der Waals surface area contributed by atoms with Gasteiger partial charge in [-0.25, -0.2) is 0 Å². The van der Waals surface area contributed by atoms with Crippen LogP contribution >= 0.6 is 11.3 Å². The summed E-state index contributed by atoms with van der Waals surface area (Å²) >= 11 is 1.65. The maximum atomic E-state index is 5.21. The number of likely N-dealkylation sites (N-methyl/N-ethyl adjacent to an activating group) is 1. The van der Waals surface area contributed by atoms with Gasteiger partial charge in [-0.1, -0.05) is 23.5 Å². The fraction of sp³-hybridized carbons (Fsp3) is 0.400. The van der Waals surface area contributed by atoms with E-state index in [1.165, 1.54) is 11.3 Å². The van der Waals surface area contributed by atoms with E-state index in [0.29, 0.717) is 0 Å². The van der Waals surface area contributed by atoms with E-state index in [1.54, 1.807) is 18.4 Å². The Hall–Kier alpha value is -2.42. The number of methoxy groups -OCH3 is 1. The maximum Gasteiger partial charge on any atom is 0.218 e. The minimum atomic E-state index is 0.766. The van der Waals surface area contributed by atoms with Crippen LogP contribution in [0.4, 0.5) is 5.13 Å². The van der Waals surface area contributed by atoms with Crippen LogP contribution in [-0.2, 0) is 13.1 Å². The maximum absolute atomic E-state index is 5.21. The molecule has 7 nitrogen and oxygen atoms in total. The van der Waals surface area contributed by atoms with Crippen LogP contribution in [0.3, 0.4) is 0 Å². The molecule has 28 heavy (non-hydrogen) atoms. The van der Waals surface area contributed by atoms with Gasteiger partial charge in [0.2, 0.25) is 10.3 Å². The summed E-state index contributed by atoms with van der Waals surface area (Å²) in [4.78, 5) is 4.67. The summed E-state index contributed by atoms with van der Waals surface area (Å²) in [5, 5.41) is 14.3. The average molecular weight is 399 g/mol. The van der Waals surface area contributed by atoms with E-state index in [4.69, 9.17) is 4.74 Å². The van der Waals surface area contributed by atoms with E-state index in [0.717, 1.165) is 55.3 Å². The minimum Gasteiger partial charge on any atom is -0.497 e. The van der Waals surface area contributed by atoms with Crippen molar-refractivity contribution in [1.29, 1.82) is 0 Å². The number of piperazine rings is 1. The molecule has 1 aliphatic heterocycles. The van der Waals surface area contributed by atoms with E-state index in [2.05, 4.69) is 67.4 Å². The third-order valence-corrected chi connectivity index (χ3v) is 5.99. The molecule has 4 rings (SSSR count). The minimum absolute atomic E-state index is 0.766. The largest absolute Gasteiger partial charge is 0.497 e. The Morgan fingerprint density at radius 3 is 2.50 bits per heavy atom. The highest BCUT2D eigenvalue weighted by Gasteiger charge is 2.19. The predicted octanol–water partition coefficient (Wildman–Crippen LogP) is 2.38. The molecule has 2 aromatic heterocycles. The SMILES string of the molecule is COc1ccc(CNCc2cccn2-c2nnc(N3CCN(C)CC3)s2)cc1. The first-order chi connectivity index (χ1) is 13.7. The van der Waals surface area contributed by atoms with Crippen molar-refractivity contribution in [2.45, 2.75) is 13.1 Å². The van der Waals surface area contributed by atoms with Gasteiger partial charge in [0.1, 0.15) is 5.75 Å². The molecule has 3 aromatic rings. The average Bonchev–Trinajstić information content (AvgIpc) is 3.38. The quantitative estimate of drug-likeness (QED) is 0.659. The van der Waals surface area contributed by atoms with E-state index in [1.807, 2.05) is 12.1 Å². The summed E-state index contributed by atoms with van der Waals surface area (Å²) in [5.41, 5.74) is 2.40. The lowest BCUT2D eigenvalue weighted by molar-refractivity contribution is 0.312. The monoisotopic (exact) mass is 398 g/mol. The van der Waals surface area contributed by atoms with Crippen LogP contribution in [0, 0.1) is 0 Å². The Labute approximate surface area is 169 Å². The second kappa shape index (κ2) is 8.72. The van der Waals surface area contributed by atoms with Crippen molar-refractivity contribution in [3.05, 3.63) is 53.9 Å². The standard InChI is InChI=1S/C20H26N6OS/c1-24-10-12-25(13-11-24)19-22-23-20(28-19)26-9-3-4-17(26)15-21-14-16-5-7-18(27-2)8-6-16/h3-9,21H,10-15H2,1-2H3. The number of benzene rings is 1. The van der Waals surface area contributed by atoms with E-state index in [-0.39, 0.29) is 0 Å². The van der Waals surface area contributed by atoms with Crippen molar-refractivity contribution in [3.63, 3.8) is 0 Å². The van der Waals surface area contributed by atoms with Gasteiger partial charge in [-0.05, 0) is 36.9 Å². The third-order valence-electron chi connectivity index (χ3n) is 5.01. The molecular weight excluding hydrogens is 372 g/mol. The summed E-state index contributed by atoms with van der Waals surface area (Å²) in [5.74, 6) is 0.880. The third kappa shape index (κ3) is 4.35. The van der Waals surface area contributed by atoms with Gasteiger partial charge < -0.3 is 19.9 Å². The molecule has 1 saturated heterocycles. The highest BCUT2D eigenvalue weighted by atomic mass is 32.1. The summed E-state index contributed by atoms with van der Waals surface area (Å²) in [6, 6.07) is 12.3. The van der Waals surface area contributed by atoms with E-state index < -0.39 is 0 Å². The Kier molecular flexibility index (Phi) is 5.90. The fourth-order valence-corrected chi connectivity index (χ4v) is 4.17. The molecule has 0 amide bonds. The second-order valence-electron chi connectivity index (χ2n) is 6.98. The second-order valence-corrected chi connectivity index (χ2v) is 7.91. The molecule has 1 fully saturated rings. The van der Waals surface area contributed by atoms with Crippen LogP contribution in [-0.4, -0.2) is 60.0 Å². The summed E-state index contributed by atoms with van der Waals surface area (Å²) < 4.78 is 7.33. The van der Waals surface area contributed by atoms with Gasteiger partial charge in [0.25, 0.3) is 0 Å². The first-order valence-corrected chi connectivity index (χ1v) is 10.3. The zero-order valence-corrected chi connectivity index (χ0v) is 17.2. The summed E-state index contributed by atoms with van der Waals surface area (Å²) in [7, 11) is 3.85. The van der Waals surface area contributed by atoms with Crippen LogP contribution in [0.15, 0.2) is 42.6 Å². The van der Waals surface area contributed by atoms with E-state index in [9.17, 15) is 0 Å². The Balaban J connectivity index is 1.37. The highest BCUT2D eigenvalue weighted by molar-refractivity contribution is 7.17. The summed E-state index contributed by atoms with van der Waals surface area (Å²) in [6.07, 6.45) is 2.05. The first-order valence-electron chi connectivity index (χ1n) is 9.50. The molecule has 0 aliphatic carbocycles. The number of aromatic nitrogens is 3. The molecule has 0 saturated carbocycles. The Morgan fingerprint density at radius 2 is 1.75 bits per heavy atom. The van der Waals surface area contributed by atoms with Crippen molar-refractivity contribution in [2.24, 2.45) is 0 Å². The number of hydrogen-bond acceptors (Lipinski definition) is 7. The number of ether oxygens (including phenoxy) is 1. The number of hydrogen-bond donors (Lipinski definition) is 1. The fourth-order valence-electron chi connectivity index (χ4n) is 3.26. The molecule has 8 heteroatoms. The normalized spacial score (nSPS) is 15.1. The zero-order valence-electron chi connectivity index (χ0n) is 16.3. The molecular formula is C20H26N6OS. The Bertz CT molecular complexity index is 882. The van der Waals surface area contributed by atoms with Gasteiger partial charge in [-0.3, -0.25) is 4.57 Å². The number of anilines is 1. The van der Waals surface area contributed by atoms with Gasteiger partial charge >= 0.3 is 0 Å². The molecule has 148 valence electrons. The topological polar surface area (TPSA) is 58.5 Å². The van der Waals surface area contributed by atoms with Crippen LogP contribution in [0.2, 0.25) is 0 Å². The summed E-state index contributed by atoms with van der Waals surface area (Å²) in [6.45, 7) is 5.72. The van der Waals surface area contributed by atoms with Crippen molar-refractivity contribution in [3.8, 4) is 10.9 Å². The van der Waals surface area contributed by atoms with Crippen molar-refractivity contribution in [1.82, 2.24) is 25.0 Å². The smallest absolute Gasteiger partial charge is 0.218 e. The van der Waals surface area contributed by atoms with Gasteiger partial charge in [0, 0.05) is 51.2 Å².